The predicted octanol–water partition coefficient (Wildman–Crippen LogP) is 3.64. The first-order valence-corrected chi connectivity index (χ1v) is 3.88. The summed E-state index contributed by atoms with van der Waals surface area (Å²) in [4.78, 5) is 0. The molecule has 0 aliphatic heterocycles. The van der Waals surface area contributed by atoms with Crippen LogP contribution in [-0.2, 0) is 0 Å². The van der Waals surface area contributed by atoms with Crippen molar-refractivity contribution in [2.75, 3.05) is 0 Å². The summed E-state index contributed by atoms with van der Waals surface area (Å²) in [6.07, 6.45) is 5.39. The minimum absolute atomic E-state index is 1.04. The molecule has 9 heavy (non-hydrogen) atoms. The first-order valence-electron chi connectivity index (χ1n) is 3.08. The fourth-order valence-corrected chi connectivity index (χ4v) is 0.644. The summed E-state index contributed by atoms with van der Waals surface area (Å²) in [6.45, 7) is 6.26. The topological polar surface area (TPSA) is 0 Å². The van der Waals surface area contributed by atoms with E-state index in [-0.39, 0.29) is 0 Å². The van der Waals surface area contributed by atoms with Gasteiger partial charge in [-0.1, -0.05) is 33.7 Å². The van der Waals surface area contributed by atoms with Gasteiger partial charge in [0.15, 0.2) is 0 Å². The van der Waals surface area contributed by atoms with E-state index in [9.17, 15) is 0 Å². The van der Waals surface area contributed by atoms with Crippen molar-refractivity contribution >= 4 is 15.9 Å². The third-order valence-electron chi connectivity index (χ3n) is 0.925. The molecule has 0 aromatic heterocycles. The zero-order valence-corrected chi connectivity index (χ0v) is 7.83. The van der Waals surface area contributed by atoms with Gasteiger partial charge in [-0.2, -0.15) is 0 Å². The van der Waals surface area contributed by atoms with Gasteiger partial charge in [0.05, 0.1) is 0 Å². The number of hydrogen-bond donors (Lipinski definition) is 0. The van der Waals surface area contributed by atoms with Crippen molar-refractivity contribution in [3.63, 3.8) is 0 Å². The molecule has 0 amide bonds. The summed E-state index contributed by atoms with van der Waals surface area (Å²) in [7, 11) is 0. The molecule has 0 unspecified atom stereocenters. The third kappa shape index (κ3) is 7.96. The highest BCUT2D eigenvalue weighted by Crippen LogP contribution is 2.04. The second-order valence-electron chi connectivity index (χ2n) is 2.31. The number of hydrogen-bond acceptors (Lipinski definition) is 0. The molecule has 0 rings (SSSR count). The molecule has 1 heteroatoms. The molecule has 0 atom stereocenters. The van der Waals surface area contributed by atoms with Gasteiger partial charge in [-0.15, -0.1) is 0 Å². The van der Waals surface area contributed by atoms with Crippen molar-refractivity contribution < 1.29 is 0 Å². The van der Waals surface area contributed by atoms with Crippen LogP contribution in [0.2, 0.25) is 0 Å². The quantitative estimate of drug-likeness (QED) is 0.581. The van der Waals surface area contributed by atoms with Crippen LogP contribution in [0.1, 0.15) is 27.2 Å². The molecule has 0 radical (unpaired) electrons. The summed E-state index contributed by atoms with van der Waals surface area (Å²) in [5.41, 5.74) is 1.38. The van der Waals surface area contributed by atoms with Crippen LogP contribution < -0.4 is 0 Å². The highest BCUT2D eigenvalue weighted by Gasteiger charge is 1.77. The summed E-state index contributed by atoms with van der Waals surface area (Å²) < 4.78 is 1.21. The van der Waals surface area contributed by atoms with Gasteiger partial charge in [0.2, 0.25) is 0 Å². The van der Waals surface area contributed by atoms with Crippen molar-refractivity contribution in [1.82, 2.24) is 0 Å². The van der Waals surface area contributed by atoms with Crippen LogP contribution in [0.4, 0.5) is 0 Å². The van der Waals surface area contributed by atoms with Gasteiger partial charge >= 0.3 is 0 Å². The van der Waals surface area contributed by atoms with Crippen LogP contribution in [0.3, 0.4) is 0 Å². The summed E-state index contributed by atoms with van der Waals surface area (Å²) in [6, 6.07) is 0. The van der Waals surface area contributed by atoms with E-state index < -0.39 is 0 Å². The Morgan fingerprint density at radius 2 is 1.78 bits per heavy atom. The molecule has 0 aromatic carbocycles. The Labute approximate surface area is 65.8 Å². The average molecular weight is 189 g/mol. The van der Waals surface area contributed by atoms with E-state index in [1.54, 1.807) is 0 Å². The van der Waals surface area contributed by atoms with E-state index >= 15 is 0 Å². The molecular weight excluding hydrogens is 176 g/mol. The summed E-state index contributed by atoms with van der Waals surface area (Å²) >= 11 is 3.36. The highest BCUT2D eigenvalue weighted by molar-refractivity contribution is 9.11. The Bertz CT molecular complexity index is 108. The number of allylic oxidation sites excluding steroid dienone is 4. The van der Waals surface area contributed by atoms with E-state index in [2.05, 4.69) is 41.9 Å². The zero-order chi connectivity index (χ0) is 7.28. The lowest BCUT2D eigenvalue weighted by atomic mass is 10.2. The minimum atomic E-state index is 1.04. The predicted molar refractivity (Wildman–Crippen MR) is 46.7 cm³/mol. The Hall–Kier alpha value is -0.0400. The van der Waals surface area contributed by atoms with Gasteiger partial charge in [-0.05, 0) is 31.7 Å². The first-order chi connectivity index (χ1) is 4.13. The highest BCUT2D eigenvalue weighted by atomic mass is 79.9. The van der Waals surface area contributed by atoms with Crippen LogP contribution >= 0.6 is 15.9 Å². The van der Waals surface area contributed by atoms with E-state index in [0.717, 1.165) is 6.42 Å². The number of rotatable bonds is 2. The molecule has 0 nitrogen and oxygen atoms in total. The van der Waals surface area contributed by atoms with Crippen molar-refractivity contribution in [2.45, 2.75) is 27.2 Å². The maximum atomic E-state index is 3.36. The van der Waals surface area contributed by atoms with Gasteiger partial charge in [0, 0.05) is 0 Å². The molecule has 0 aromatic rings. The molecule has 0 aliphatic carbocycles. The van der Waals surface area contributed by atoms with Gasteiger partial charge < -0.3 is 0 Å². The van der Waals surface area contributed by atoms with Crippen LogP contribution in [0.25, 0.3) is 0 Å². The Balaban J connectivity index is 3.53. The van der Waals surface area contributed by atoms with Gasteiger partial charge in [0.1, 0.15) is 0 Å². The van der Waals surface area contributed by atoms with Crippen molar-refractivity contribution in [2.24, 2.45) is 0 Å². The van der Waals surface area contributed by atoms with Crippen LogP contribution in [-0.4, -0.2) is 0 Å². The van der Waals surface area contributed by atoms with Gasteiger partial charge in [0.25, 0.3) is 0 Å². The summed E-state index contributed by atoms with van der Waals surface area (Å²) in [5, 5.41) is 0. The third-order valence-corrected chi connectivity index (χ3v) is 1.25. The molecule has 0 saturated heterocycles. The van der Waals surface area contributed by atoms with E-state index in [0.29, 0.717) is 0 Å². The Morgan fingerprint density at radius 1 is 1.22 bits per heavy atom. The fraction of sp³-hybridized carbons (Fsp3) is 0.500. The number of halogens is 1. The van der Waals surface area contributed by atoms with E-state index in [1.807, 2.05) is 6.92 Å². The summed E-state index contributed by atoms with van der Waals surface area (Å²) in [5.74, 6) is 0. The normalized spacial score (nSPS) is 11.3. The second-order valence-corrected chi connectivity index (χ2v) is 3.56. The van der Waals surface area contributed by atoms with Gasteiger partial charge in [-0.25, -0.2) is 0 Å². The molecule has 0 saturated carbocycles. The van der Waals surface area contributed by atoms with Crippen molar-refractivity contribution in [3.8, 4) is 0 Å². The molecule has 0 bridgehead atoms. The molecule has 0 spiro atoms. The maximum absolute atomic E-state index is 3.36. The van der Waals surface area contributed by atoms with Gasteiger partial charge in [-0.3, -0.25) is 0 Å². The lowest BCUT2D eigenvalue weighted by molar-refractivity contribution is 1.27. The average Bonchev–Trinajstić information content (AvgIpc) is 1.63. The fourth-order valence-electron chi connectivity index (χ4n) is 0.457. The standard InChI is InChI=1S/C8H13Br/c1-7(2)5-4-6-8(3)9/h5-6H,4H2,1-3H3/b8-6-. The minimum Gasteiger partial charge on any atom is -0.0821 e. The lowest BCUT2D eigenvalue weighted by Crippen LogP contribution is -1.64. The molecule has 0 N–H and O–H groups in total. The van der Waals surface area contributed by atoms with Crippen molar-refractivity contribution in [3.05, 3.63) is 22.2 Å². The first kappa shape index (κ1) is 8.96. The molecule has 52 valence electrons. The van der Waals surface area contributed by atoms with Crippen LogP contribution in [0.5, 0.6) is 0 Å². The SMILES string of the molecule is CC(C)=CC/C=C(/C)Br. The maximum Gasteiger partial charge on any atom is -0.0117 e. The smallest absolute Gasteiger partial charge is 0.0117 e. The molecular formula is C8H13Br. The zero-order valence-electron chi connectivity index (χ0n) is 6.24. The monoisotopic (exact) mass is 188 g/mol. The molecule has 0 fully saturated rings. The van der Waals surface area contributed by atoms with Crippen LogP contribution in [0, 0.1) is 0 Å². The lowest BCUT2D eigenvalue weighted by Gasteiger charge is -1.86. The second kappa shape index (κ2) is 4.80. The van der Waals surface area contributed by atoms with Crippen LogP contribution in [0.15, 0.2) is 22.2 Å². The Morgan fingerprint density at radius 3 is 2.11 bits per heavy atom. The molecule has 0 aliphatic rings. The van der Waals surface area contributed by atoms with Crippen molar-refractivity contribution in [1.29, 1.82) is 0 Å². The largest absolute Gasteiger partial charge is 0.0821 e. The van der Waals surface area contributed by atoms with E-state index in [1.165, 1.54) is 10.1 Å². The Kier molecular flexibility index (Phi) is 4.78. The molecule has 0 heterocycles. The van der Waals surface area contributed by atoms with E-state index in [4.69, 9.17) is 0 Å².